The number of para-hydroxylation sites is 1. The van der Waals surface area contributed by atoms with E-state index in [0.717, 1.165) is 5.56 Å². The molecule has 5 rings (SSSR count). The van der Waals surface area contributed by atoms with Gasteiger partial charge < -0.3 is 15.0 Å². The Morgan fingerprint density at radius 1 is 0.905 bits per heavy atom. The number of fused-ring (bicyclic) bond motifs is 1. The third-order valence-corrected chi connectivity index (χ3v) is 7.13. The van der Waals surface area contributed by atoms with E-state index < -0.39 is 11.9 Å². The molecule has 214 valence electrons. The molecule has 0 fully saturated rings. The number of nitrogens with zero attached hydrogens (tertiary/aromatic N) is 4. The van der Waals surface area contributed by atoms with Gasteiger partial charge in [-0.1, -0.05) is 67.6 Å². The predicted octanol–water partition coefficient (Wildman–Crippen LogP) is 6.11. The fourth-order valence-corrected chi connectivity index (χ4v) is 4.78. The van der Waals surface area contributed by atoms with E-state index in [1.165, 1.54) is 21.7 Å². The van der Waals surface area contributed by atoms with Crippen LogP contribution in [-0.4, -0.2) is 38.8 Å². The van der Waals surface area contributed by atoms with Crippen LogP contribution < -0.4 is 10.1 Å². The van der Waals surface area contributed by atoms with Crippen LogP contribution in [0.3, 0.4) is 0 Å². The molecule has 1 unspecified atom stereocenters. The Morgan fingerprint density at radius 2 is 1.57 bits per heavy atom. The summed E-state index contributed by atoms with van der Waals surface area (Å²) in [6, 6.07) is 26.9. The Bertz CT molecular complexity index is 1670. The number of hydrogen-bond acceptors (Lipinski definition) is 5. The first-order valence-corrected chi connectivity index (χ1v) is 13.7. The molecule has 0 saturated carbocycles. The van der Waals surface area contributed by atoms with Gasteiger partial charge in [-0.05, 0) is 71.1 Å². The van der Waals surface area contributed by atoms with Gasteiger partial charge in [0.2, 0.25) is 5.91 Å². The standard InChI is InChI=1S/C33H32FN5O3/c1-22(2)24-10-12-25(13-11-24)32(33(41)35-27-16-18-28(42-3)19-17-27)38(20-23-8-14-26(34)15-9-23)31(40)21-39-30-7-5-4-6-29(30)36-37-39/h4-19,22,32H,20-21H2,1-3H3,(H,35,41). The molecule has 0 bridgehead atoms. The second-order valence-electron chi connectivity index (χ2n) is 10.3. The Hall–Kier alpha value is -5.05. The lowest BCUT2D eigenvalue weighted by Crippen LogP contribution is -2.42. The van der Waals surface area contributed by atoms with Gasteiger partial charge >= 0.3 is 0 Å². The SMILES string of the molecule is COc1ccc(NC(=O)C(c2ccc(C(C)C)cc2)N(Cc2ccc(F)cc2)C(=O)Cn2nnc3ccccc32)cc1. The lowest BCUT2D eigenvalue weighted by atomic mass is 9.97. The van der Waals surface area contributed by atoms with Crippen molar-refractivity contribution in [2.24, 2.45) is 0 Å². The van der Waals surface area contributed by atoms with Gasteiger partial charge in [-0.3, -0.25) is 9.59 Å². The molecular formula is C33H32FN5O3. The highest BCUT2D eigenvalue weighted by Gasteiger charge is 2.32. The van der Waals surface area contributed by atoms with Crippen LogP contribution in [0, 0.1) is 5.82 Å². The number of carbonyl (C=O) groups is 2. The summed E-state index contributed by atoms with van der Waals surface area (Å²) < 4.78 is 20.5. The van der Waals surface area contributed by atoms with Gasteiger partial charge in [0.15, 0.2) is 0 Å². The van der Waals surface area contributed by atoms with Crippen molar-refractivity contribution in [1.29, 1.82) is 0 Å². The molecule has 0 aliphatic heterocycles. The molecule has 0 aliphatic carbocycles. The molecule has 1 aromatic heterocycles. The maximum Gasteiger partial charge on any atom is 0.251 e. The molecule has 5 aromatic rings. The second kappa shape index (κ2) is 12.6. The fraction of sp³-hybridized carbons (Fsp3) is 0.212. The smallest absolute Gasteiger partial charge is 0.251 e. The van der Waals surface area contributed by atoms with Crippen LogP contribution in [0.1, 0.15) is 42.5 Å². The molecule has 4 aromatic carbocycles. The van der Waals surface area contributed by atoms with E-state index in [9.17, 15) is 14.0 Å². The Balaban J connectivity index is 1.55. The zero-order valence-corrected chi connectivity index (χ0v) is 23.7. The first-order chi connectivity index (χ1) is 20.3. The van der Waals surface area contributed by atoms with Crippen molar-refractivity contribution < 1.29 is 18.7 Å². The summed E-state index contributed by atoms with van der Waals surface area (Å²) in [5.74, 6) is -0.178. The summed E-state index contributed by atoms with van der Waals surface area (Å²) in [4.78, 5) is 29.7. The van der Waals surface area contributed by atoms with Gasteiger partial charge in [-0.25, -0.2) is 9.07 Å². The molecule has 0 aliphatic rings. The topological polar surface area (TPSA) is 89.4 Å². The Kier molecular flexibility index (Phi) is 8.57. The molecule has 1 N–H and O–H groups in total. The van der Waals surface area contributed by atoms with E-state index in [0.29, 0.717) is 39.5 Å². The van der Waals surface area contributed by atoms with Crippen LogP contribution in [0.25, 0.3) is 11.0 Å². The molecule has 8 nitrogen and oxygen atoms in total. The van der Waals surface area contributed by atoms with Crippen molar-refractivity contribution in [1.82, 2.24) is 19.9 Å². The first-order valence-electron chi connectivity index (χ1n) is 13.7. The van der Waals surface area contributed by atoms with Crippen LogP contribution >= 0.6 is 0 Å². The highest BCUT2D eigenvalue weighted by Crippen LogP contribution is 2.28. The second-order valence-corrected chi connectivity index (χ2v) is 10.3. The minimum atomic E-state index is -0.999. The van der Waals surface area contributed by atoms with Gasteiger partial charge in [-0.2, -0.15) is 0 Å². The molecule has 0 saturated heterocycles. The Morgan fingerprint density at radius 3 is 2.24 bits per heavy atom. The summed E-state index contributed by atoms with van der Waals surface area (Å²) in [7, 11) is 1.57. The molecule has 2 amide bonds. The maximum absolute atomic E-state index is 14.1. The van der Waals surface area contributed by atoms with Gasteiger partial charge in [-0.15, -0.1) is 5.10 Å². The summed E-state index contributed by atoms with van der Waals surface area (Å²) in [5, 5.41) is 11.3. The minimum absolute atomic E-state index is 0.0678. The summed E-state index contributed by atoms with van der Waals surface area (Å²) in [5.41, 5.74) is 4.35. The van der Waals surface area contributed by atoms with Crippen molar-refractivity contribution in [3.63, 3.8) is 0 Å². The Labute approximate surface area is 243 Å². The van der Waals surface area contributed by atoms with Crippen LogP contribution in [0.15, 0.2) is 97.1 Å². The number of carbonyl (C=O) groups excluding carboxylic acids is 2. The number of ether oxygens (including phenoxy) is 1. The predicted molar refractivity (Wildman–Crippen MR) is 159 cm³/mol. The number of amides is 2. The molecule has 0 radical (unpaired) electrons. The monoisotopic (exact) mass is 565 g/mol. The number of anilines is 1. The number of methoxy groups -OCH3 is 1. The van der Waals surface area contributed by atoms with Crippen molar-refractivity contribution in [3.8, 4) is 5.75 Å². The number of halogens is 1. The van der Waals surface area contributed by atoms with Crippen LogP contribution in [-0.2, 0) is 22.7 Å². The largest absolute Gasteiger partial charge is 0.497 e. The van der Waals surface area contributed by atoms with Crippen LogP contribution in [0.4, 0.5) is 10.1 Å². The number of aromatic nitrogens is 3. The zero-order chi connectivity index (χ0) is 29.6. The number of hydrogen-bond donors (Lipinski definition) is 1. The van der Waals surface area contributed by atoms with Gasteiger partial charge in [0, 0.05) is 12.2 Å². The van der Waals surface area contributed by atoms with E-state index >= 15 is 0 Å². The van der Waals surface area contributed by atoms with Gasteiger partial charge in [0.05, 0.1) is 12.6 Å². The first kappa shape index (κ1) is 28.5. The molecule has 0 spiro atoms. The number of nitrogens with one attached hydrogen (secondary N) is 1. The van der Waals surface area contributed by atoms with Crippen LogP contribution in [0.2, 0.25) is 0 Å². The third kappa shape index (κ3) is 6.46. The summed E-state index contributed by atoms with van der Waals surface area (Å²) >= 11 is 0. The summed E-state index contributed by atoms with van der Waals surface area (Å²) in [6.45, 7) is 4.11. The molecule has 42 heavy (non-hydrogen) atoms. The highest BCUT2D eigenvalue weighted by atomic mass is 19.1. The van der Waals surface area contributed by atoms with E-state index in [-0.39, 0.29) is 24.8 Å². The van der Waals surface area contributed by atoms with Crippen molar-refractivity contribution in [2.75, 3.05) is 12.4 Å². The highest BCUT2D eigenvalue weighted by molar-refractivity contribution is 5.98. The van der Waals surface area contributed by atoms with Crippen LogP contribution in [0.5, 0.6) is 5.75 Å². The van der Waals surface area contributed by atoms with Gasteiger partial charge in [0.25, 0.3) is 5.91 Å². The van der Waals surface area contributed by atoms with Crippen molar-refractivity contribution >= 4 is 28.5 Å². The number of rotatable bonds is 10. The lowest BCUT2D eigenvalue weighted by molar-refractivity contribution is -0.140. The quantitative estimate of drug-likeness (QED) is 0.221. The van der Waals surface area contributed by atoms with E-state index in [1.54, 1.807) is 43.5 Å². The summed E-state index contributed by atoms with van der Waals surface area (Å²) in [6.07, 6.45) is 0. The average molecular weight is 566 g/mol. The normalized spacial score (nSPS) is 11.8. The molecule has 9 heteroatoms. The van der Waals surface area contributed by atoms with Crippen molar-refractivity contribution in [2.45, 2.75) is 38.9 Å². The molecule has 1 atom stereocenters. The fourth-order valence-electron chi connectivity index (χ4n) is 4.78. The number of benzene rings is 4. The minimum Gasteiger partial charge on any atom is -0.497 e. The average Bonchev–Trinajstić information content (AvgIpc) is 3.41. The van der Waals surface area contributed by atoms with E-state index in [2.05, 4.69) is 29.5 Å². The maximum atomic E-state index is 14.1. The zero-order valence-electron chi connectivity index (χ0n) is 23.7. The van der Waals surface area contributed by atoms with Gasteiger partial charge in [0.1, 0.15) is 29.7 Å². The third-order valence-electron chi connectivity index (χ3n) is 7.13. The van der Waals surface area contributed by atoms with E-state index in [4.69, 9.17) is 4.74 Å². The molecular weight excluding hydrogens is 533 g/mol. The molecule has 1 heterocycles. The lowest BCUT2D eigenvalue weighted by Gasteiger charge is -2.32. The van der Waals surface area contributed by atoms with E-state index in [1.807, 2.05) is 48.5 Å². The van der Waals surface area contributed by atoms with Crippen molar-refractivity contribution in [3.05, 3.63) is 120 Å².